The van der Waals surface area contributed by atoms with E-state index in [2.05, 4.69) is 24.9 Å². The van der Waals surface area contributed by atoms with Gasteiger partial charge in [0.1, 0.15) is 18.0 Å². The van der Waals surface area contributed by atoms with Crippen LogP contribution in [0.4, 0.5) is 10.2 Å². The van der Waals surface area contributed by atoms with Crippen molar-refractivity contribution in [1.82, 2.24) is 24.6 Å². The van der Waals surface area contributed by atoms with Crippen molar-refractivity contribution in [2.75, 3.05) is 37.6 Å². The Morgan fingerprint density at radius 1 is 0.967 bits per heavy atom. The van der Waals surface area contributed by atoms with Gasteiger partial charge in [-0.1, -0.05) is 0 Å². The molecule has 1 aliphatic heterocycles. The fourth-order valence-corrected chi connectivity index (χ4v) is 4.45. The van der Waals surface area contributed by atoms with Crippen molar-refractivity contribution >= 4 is 16.7 Å². The second kappa shape index (κ2) is 8.10. The summed E-state index contributed by atoms with van der Waals surface area (Å²) in [4.78, 5) is 25.6. The van der Waals surface area contributed by atoms with Gasteiger partial charge in [-0.2, -0.15) is 5.10 Å². The number of anilines is 1. The topological polar surface area (TPSA) is 67.2 Å². The van der Waals surface area contributed by atoms with Crippen LogP contribution in [0.1, 0.15) is 24.1 Å². The molecule has 1 fully saturated rings. The molecule has 2 aromatic heterocycles. The largest absolute Gasteiger partial charge is 0.353 e. The molecule has 0 bridgehead atoms. The van der Waals surface area contributed by atoms with Crippen LogP contribution in [0.3, 0.4) is 0 Å². The molecule has 7 nitrogen and oxygen atoms in total. The van der Waals surface area contributed by atoms with Crippen molar-refractivity contribution < 1.29 is 4.39 Å². The average Bonchev–Trinajstić information content (AvgIpc) is 2.77. The molecule has 3 aromatic rings. The molecule has 2 aliphatic rings. The highest BCUT2D eigenvalue weighted by atomic mass is 19.1. The lowest BCUT2D eigenvalue weighted by Gasteiger charge is -2.35. The molecule has 3 heterocycles. The van der Waals surface area contributed by atoms with E-state index in [1.165, 1.54) is 18.5 Å². The molecule has 156 valence electrons. The average molecular weight is 408 g/mol. The Morgan fingerprint density at radius 2 is 1.80 bits per heavy atom. The van der Waals surface area contributed by atoms with E-state index in [4.69, 9.17) is 0 Å². The fraction of sp³-hybridized carbons (Fsp3) is 0.455. The van der Waals surface area contributed by atoms with Crippen molar-refractivity contribution in [3.8, 4) is 0 Å². The van der Waals surface area contributed by atoms with Crippen LogP contribution in [0.2, 0.25) is 0 Å². The minimum Gasteiger partial charge on any atom is -0.353 e. The second-order valence-corrected chi connectivity index (χ2v) is 8.07. The minimum absolute atomic E-state index is 0.00831. The number of aromatic nitrogens is 4. The first-order chi connectivity index (χ1) is 14.7. The smallest absolute Gasteiger partial charge is 0.267 e. The van der Waals surface area contributed by atoms with Gasteiger partial charge in [-0.15, -0.1) is 0 Å². The summed E-state index contributed by atoms with van der Waals surface area (Å²) >= 11 is 0. The van der Waals surface area contributed by atoms with Crippen LogP contribution < -0.4 is 10.5 Å². The van der Waals surface area contributed by atoms with E-state index in [-0.39, 0.29) is 11.4 Å². The summed E-state index contributed by atoms with van der Waals surface area (Å²) in [6.45, 7) is 4.84. The molecular weight excluding hydrogens is 383 g/mol. The zero-order chi connectivity index (χ0) is 20.5. The fourth-order valence-electron chi connectivity index (χ4n) is 4.45. The summed E-state index contributed by atoms with van der Waals surface area (Å²) in [6, 6.07) is 6.43. The number of hydrogen-bond donors (Lipinski definition) is 0. The van der Waals surface area contributed by atoms with E-state index < -0.39 is 0 Å². The van der Waals surface area contributed by atoms with Crippen molar-refractivity contribution in [1.29, 1.82) is 0 Å². The Bertz CT molecular complexity index is 1120. The molecule has 8 heteroatoms. The normalized spacial score (nSPS) is 17.3. The molecule has 5 rings (SSSR count). The van der Waals surface area contributed by atoms with Crippen molar-refractivity contribution in [2.24, 2.45) is 0 Å². The van der Waals surface area contributed by atoms with Crippen LogP contribution in [0.15, 0.2) is 35.4 Å². The van der Waals surface area contributed by atoms with Gasteiger partial charge in [-0.25, -0.2) is 19.0 Å². The van der Waals surface area contributed by atoms with Crippen LogP contribution in [0.25, 0.3) is 10.9 Å². The summed E-state index contributed by atoms with van der Waals surface area (Å²) in [7, 11) is 0. The number of aryl methyl sites for hydroxylation is 2. The van der Waals surface area contributed by atoms with Gasteiger partial charge in [-0.05, 0) is 43.4 Å². The van der Waals surface area contributed by atoms with Crippen molar-refractivity contribution in [3.63, 3.8) is 0 Å². The van der Waals surface area contributed by atoms with Crippen LogP contribution in [-0.4, -0.2) is 57.4 Å². The van der Waals surface area contributed by atoms with Crippen molar-refractivity contribution in [3.05, 3.63) is 58.0 Å². The summed E-state index contributed by atoms with van der Waals surface area (Å²) in [6.07, 6.45) is 5.76. The molecule has 0 unspecified atom stereocenters. The molecule has 30 heavy (non-hydrogen) atoms. The van der Waals surface area contributed by atoms with Gasteiger partial charge >= 0.3 is 0 Å². The molecule has 0 saturated carbocycles. The van der Waals surface area contributed by atoms with Gasteiger partial charge in [0.15, 0.2) is 0 Å². The van der Waals surface area contributed by atoms with E-state index in [0.717, 1.165) is 80.9 Å². The number of rotatable bonds is 4. The van der Waals surface area contributed by atoms with Gasteiger partial charge in [0.2, 0.25) is 0 Å². The first kappa shape index (κ1) is 19.1. The Balaban J connectivity index is 1.23. The minimum atomic E-state index is -0.289. The van der Waals surface area contributed by atoms with Gasteiger partial charge in [0.25, 0.3) is 5.56 Å². The lowest BCUT2D eigenvalue weighted by Crippen LogP contribution is -2.48. The van der Waals surface area contributed by atoms with E-state index in [9.17, 15) is 9.18 Å². The number of halogens is 1. The number of piperazine rings is 1. The quantitative estimate of drug-likeness (QED) is 0.658. The highest BCUT2D eigenvalue weighted by Crippen LogP contribution is 2.24. The molecule has 0 radical (unpaired) electrons. The molecule has 1 aromatic carbocycles. The lowest BCUT2D eigenvalue weighted by molar-refractivity contribution is 0.242. The highest BCUT2D eigenvalue weighted by molar-refractivity contribution is 5.89. The Labute approximate surface area is 174 Å². The van der Waals surface area contributed by atoms with Gasteiger partial charge < -0.3 is 4.90 Å². The number of fused-ring (bicyclic) bond motifs is 2. The number of hydrogen-bond acceptors (Lipinski definition) is 6. The summed E-state index contributed by atoms with van der Waals surface area (Å²) < 4.78 is 15.1. The Kier molecular flexibility index (Phi) is 5.16. The molecule has 0 amide bonds. The third-order valence-corrected chi connectivity index (χ3v) is 6.15. The summed E-state index contributed by atoms with van der Waals surface area (Å²) in [5.74, 6) is 0.565. The van der Waals surface area contributed by atoms with Gasteiger partial charge in [-0.3, -0.25) is 9.69 Å². The lowest BCUT2D eigenvalue weighted by atomic mass is 9.97. The zero-order valence-electron chi connectivity index (χ0n) is 16.9. The summed E-state index contributed by atoms with van der Waals surface area (Å²) in [5.41, 5.74) is 2.86. The SMILES string of the molecule is O=c1cc2c(nn1CCN1CCN(c3ncnc4cc(F)ccc34)CC1)CCCC2. The maximum Gasteiger partial charge on any atom is 0.267 e. The van der Waals surface area contributed by atoms with E-state index >= 15 is 0 Å². The van der Waals surface area contributed by atoms with Crippen molar-refractivity contribution in [2.45, 2.75) is 32.2 Å². The Morgan fingerprint density at radius 3 is 2.67 bits per heavy atom. The molecule has 0 N–H and O–H groups in total. The maximum absolute atomic E-state index is 13.5. The van der Waals surface area contributed by atoms with Crippen LogP contribution >= 0.6 is 0 Å². The van der Waals surface area contributed by atoms with Crippen LogP contribution in [0.5, 0.6) is 0 Å². The van der Waals surface area contributed by atoms with Crippen LogP contribution in [-0.2, 0) is 19.4 Å². The van der Waals surface area contributed by atoms with E-state index in [1.54, 1.807) is 16.8 Å². The monoisotopic (exact) mass is 408 g/mol. The third kappa shape index (κ3) is 3.79. The van der Waals surface area contributed by atoms with Gasteiger partial charge in [0.05, 0.1) is 17.8 Å². The Hall–Kier alpha value is -2.87. The van der Waals surface area contributed by atoms with E-state index in [1.807, 2.05) is 0 Å². The predicted molar refractivity (Wildman–Crippen MR) is 113 cm³/mol. The van der Waals surface area contributed by atoms with Gasteiger partial charge in [0, 0.05) is 50.2 Å². The van der Waals surface area contributed by atoms with Crippen LogP contribution in [0, 0.1) is 5.82 Å². The summed E-state index contributed by atoms with van der Waals surface area (Å²) in [5, 5.41) is 5.49. The zero-order valence-corrected chi connectivity index (χ0v) is 16.9. The maximum atomic E-state index is 13.5. The molecule has 0 atom stereocenters. The molecule has 1 aliphatic carbocycles. The van der Waals surface area contributed by atoms with E-state index in [0.29, 0.717) is 12.1 Å². The molecular formula is C22H25FN6O. The number of benzene rings is 1. The number of nitrogens with zero attached hydrogens (tertiary/aromatic N) is 6. The third-order valence-electron chi connectivity index (χ3n) is 6.15. The second-order valence-electron chi connectivity index (χ2n) is 8.07. The molecule has 0 spiro atoms. The molecule has 1 saturated heterocycles. The highest BCUT2D eigenvalue weighted by Gasteiger charge is 2.20. The first-order valence-corrected chi connectivity index (χ1v) is 10.6. The predicted octanol–water partition coefficient (Wildman–Crippen LogP) is 2.03. The standard InChI is InChI=1S/C22H25FN6O/c23-17-5-6-18-20(14-17)24-15-25-22(18)28-10-7-27(8-11-28)9-12-29-21(30)13-16-3-1-2-4-19(16)26-29/h5-6,13-15H,1-4,7-12H2. The first-order valence-electron chi connectivity index (χ1n) is 10.6.